The molecule has 0 rings (SSSR count). The van der Waals surface area contributed by atoms with Gasteiger partial charge in [0.05, 0.1) is 6.21 Å². The number of hydrogen-bond donors (Lipinski definition) is 2. The molecule has 0 radical (unpaired) electrons. The average molecular weight is 202 g/mol. The molecule has 0 unspecified atom stereocenters. The van der Waals surface area contributed by atoms with Crippen molar-refractivity contribution in [1.29, 1.82) is 5.41 Å². The van der Waals surface area contributed by atoms with Gasteiger partial charge in [-0.05, 0) is 13.3 Å². The molecule has 1 amide bonds. The SMILES string of the molecule is CC/C(Cl)=C(/C=N\NC=O)C(C)=N. The van der Waals surface area contributed by atoms with Gasteiger partial charge in [0, 0.05) is 16.3 Å². The lowest BCUT2D eigenvalue weighted by Gasteiger charge is -2.01. The minimum absolute atomic E-state index is 0.322. The molecule has 0 bridgehead atoms. The van der Waals surface area contributed by atoms with E-state index in [2.05, 4.69) is 10.5 Å². The van der Waals surface area contributed by atoms with Crippen molar-refractivity contribution in [2.45, 2.75) is 20.3 Å². The van der Waals surface area contributed by atoms with Crippen molar-refractivity contribution in [2.75, 3.05) is 0 Å². The van der Waals surface area contributed by atoms with E-state index in [0.717, 1.165) is 0 Å². The summed E-state index contributed by atoms with van der Waals surface area (Å²) in [5, 5.41) is 11.5. The van der Waals surface area contributed by atoms with E-state index in [0.29, 0.717) is 29.1 Å². The van der Waals surface area contributed by atoms with Crippen molar-refractivity contribution in [3.8, 4) is 0 Å². The van der Waals surface area contributed by atoms with Gasteiger partial charge in [0.2, 0.25) is 6.41 Å². The first-order valence-corrected chi connectivity index (χ1v) is 4.17. The number of carbonyl (C=O) groups is 1. The highest BCUT2D eigenvalue weighted by Crippen LogP contribution is 2.12. The van der Waals surface area contributed by atoms with Crippen LogP contribution < -0.4 is 5.43 Å². The average Bonchev–Trinajstić information content (AvgIpc) is 2.11. The fraction of sp³-hybridized carbons (Fsp3) is 0.375. The molecule has 0 saturated heterocycles. The van der Waals surface area contributed by atoms with Gasteiger partial charge in [-0.1, -0.05) is 18.5 Å². The quantitative estimate of drug-likeness (QED) is 0.397. The number of allylic oxidation sites excluding steroid dienone is 2. The number of hydrazone groups is 1. The maximum Gasteiger partial charge on any atom is 0.227 e. The van der Waals surface area contributed by atoms with Crippen LogP contribution in [0, 0.1) is 5.41 Å². The van der Waals surface area contributed by atoms with Crippen LogP contribution in [0.25, 0.3) is 0 Å². The van der Waals surface area contributed by atoms with Gasteiger partial charge in [0.25, 0.3) is 0 Å². The minimum Gasteiger partial charge on any atom is -0.305 e. The minimum atomic E-state index is 0.322. The molecule has 0 aromatic heterocycles. The van der Waals surface area contributed by atoms with Crippen molar-refractivity contribution >= 4 is 29.9 Å². The van der Waals surface area contributed by atoms with Crippen LogP contribution in [0.1, 0.15) is 20.3 Å². The first kappa shape index (κ1) is 11.8. The summed E-state index contributed by atoms with van der Waals surface area (Å²) < 4.78 is 0. The second kappa shape index (κ2) is 6.37. The van der Waals surface area contributed by atoms with E-state index in [-0.39, 0.29) is 0 Å². The summed E-state index contributed by atoms with van der Waals surface area (Å²) in [6.07, 6.45) is 2.45. The standard InChI is InChI=1S/C8H12ClN3O/c1-3-8(9)7(6(2)10)4-11-12-5-13/h4-5,10H,3H2,1-2H3,(H,12,13)/b8-7+,10-6?,11-4-. The van der Waals surface area contributed by atoms with Gasteiger partial charge in [-0.25, -0.2) is 5.43 Å². The Hall–Kier alpha value is -1.16. The number of halogens is 1. The van der Waals surface area contributed by atoms with Crippen LogP contribution in [-0.4, -0.2) is 18.3 Å². The van der Waals surface area contributed by atoms with Gasteiger partial charge in [-0.2, -0.15) is 5.10 Å². The largest absolute Gasteiger partial charge is 0.305 e. The molecule has 4 nitrogen and oxygen atoms in total. The molecule has 0 aliphatic heterocycles. The molecule has 0 saturated carbocycles. The highest BCUT2D eigenvalue weighted by molar-refractivity contribution is 6.35. The van der Waals surface area contributed by atoms with E-state index in [1.807, 2.05) is 6.92 Å². The maximum absolute atomic E-state index is 9.87. The fourth-order valence-electron chi connectivity index (χ4n) is 0.693. The third kappa shape index (κ3) is 4.42. The Balaban J connectivity index is 4.63. The van der Waals surface area contributed by atoms with Crippen molar-refractivity contribution in [1.82, 2.24) is 5.43 Å². The first-order chi connectivity index (χ1) is 6.13. The molecule has 5 heteroatoms. The van der Waals surface area contributed by atoms with Crippen LogP contribution >= 0.6 is 11.6 Å². The summed E-state index contributed by atoms with van der Waals surface area (Å²) in [7, 11) is 0. The Kier molecular flexibility index (Phi) is 5.80. The van der Waals surface area contributed by atoms with E-state index in [4.69, 9.17) is 17.0 Å². The van der Waals surface area contributed by atoms with Gasteiger partial charge >= 0.3 is 0 Å². The maximum atomic E-state index is 9.87. The summed E-state index contributed by atoms with van der Waals surface area (Å²) in [5.41, 5.74) is 2.97. The molecule has 72 valence electrons. The van der Waals surface area contributed by atoms with Gasteiger partial charge in [0.1, 0.15) is 0 Å². The molecular weight excluding hydrogens is 190 g/mol. The smallest absolute Gasteiger partial charge is 0.227 e. The molecule has 0 atom stereocenters. The summed E-state index contributed by atoms with van der Waals surface area (Å²) in [6, 6.07) is 0. The lowest BCUT2D eigenvalue weighted by molar-refractivity contribution is -0.109. The lowest BCUT2D eigenvalue weighted by Crippen LogP contribution is -2.05. The molecule has 2 N–H and O–H groups in total. The molecule has 13 heavy (non-hydrogen) atoms. The Morgan fingerprint density at radius 3 is 2.69 bits per heavy atom. The number of carbonyl (C=O) groups excluding carboxylic acids is 1. The fourth-order valence-corrected chi connectivity index (χ4v) is 0.884. The molecular formula is C8H12ClN3O. The number of hydrogen-bond acceptors (Lipinski definition) is 3. The monoisotopic (exact) mass is 201 g/mol. The summed E-state index contributed by atoms with van der Waals surface area (Å²) >= 11 is 5.84. The first-order valence-electron chi connectivity index (χ1n) is 3.79. The predicted octanol–water partition coefficient (Wildman–Crippen LogP) is 1.66. The second-order valence-electron chi connectivity index (χ2n) is 2.30. The van der Waals surface area contributed by atoms with Gasteiger partial charge in [0.15, 0.2) is 0 Å². The van der Waals surface area contributed by atoms with Crippen LogP contribution in [0.3, 0.4) is 0 Å². The van der Waals surface area contributed by atoms with Crippen LogP contribution in [-0.2, 0) is 4.79 Å². The Bertz CT molecular complexity index is 258. The Morgan fingerprint density at radius 1 is 1.69 bits per heavy atom. The van der Waals surface area contributed by atoms with E-state index in [1.54, 1.807) is 6.92 Å². The van der Waals surface area contributed by atoms with Crippen molar-refractivity contribution in [3.63, 3.8) is 0 Å². The van der Waals surface area contributed by atoms with Gasteiger partial charge in [-0.3, -0.25) is 4.79 Å². The Labute approximate surface area is 82.2 Å². The molecule has 0 fully saturated rings. The van der Waals surface area contributed by atoms with Crippen LogP contribution in [0.4, 0.5) is 0 Å². The normalized spacial score (nSPS) is 12.5. The summed E-state index contributed by atoms with van der Waals surface area (Å²) in [5.74, 6) is 0. The van der Waals surface area contributed by atoms with E-state index in [1.165, 1.54) is 6.21 Å². The highest BCUT2D eigenvalue weighted by atomic mass is 35.5. The molecule has 0 aromatic carbocycles. The van der Waals surface area contributed by atoms with Gasteiger partial charge < -0.3 is 5.41 Å². The zero-order valence-corrected chi connectivity index (χ0v) is 8.35. The molecule has 0 spiro atoms. The van der Waals surface area contributed by atoms with E-state index < -0.39 is 0 Å². The number of nitrogens with one attached hydrogen (secondary N) is 2. The van der Waals surface area contributed by atoms with Crippen LogP contribution in [0.2, 0.25) is 0 Å². The third-order valence-corrected chi connectivity index (χ3v) is 1.80. The lowest BCUT2D eigenvalue weighted by atomic mass is 10.1. The molecule has 0 aliphatic rings. The van der Waals surface area contributed by atoms with Crippen molar-refractivity contribution < 1.29 is 4.79 Å². The Morgan fingerprint density at radius 2 is 2.31 bits per heavy atom. The van der Waals surface area contributed by atoms with E-state index in [9.17, 15) is 4.79 Å². The zero-order valence-electron chi connectivity index (χ0n) is 7.60. The summed E-state index contributed by atoms with van der Waals surface area (Å²) in [6.45, 7) is 3.49. The number of rotatable bonds is 5. The highest BCUT2D eigenvalue weighted by Gasteiger charge is 2.02. The second-order valence-corrected chi connectivity index (χ2v) is 2.76. The van der Waals surface area contributed by atoms with Crippen LogP contribution in [0.15, 0.2) is 15.7 Å². The zero-order chi connectivity index (χ0) is 10.3. The van der Waals surface area contributed by atoms with Crippen molar-refractivity contribution in [3.05, 3.63) is 10.6 Å². The predicted molar refractivity (Wildman–Crippen MR) is 54.3 cm³/mol. The molecule has 0 heterocycles. The van der Waals surface area contributed by atoms with Crippen LogP contribution in [0.5, 0.6) is 0 Å². The number of amides is 1. The third-order valence-electron chi connectivity index (χ3n) is 1.33. The summed E-state index contributed by atoms with van der Waals surface area (Å²) in [4.78, 5) is 9.87. The van der Waals surface area contributed by atoms with E-state index >= 15 is 0 Å². The van der Waals surface area contributed by atoms with Gasteiger partial charge in [-0.15, -0.1) is 0 Å². The molecule has 0 aromatic rings. The van der Waals surface area contributed by atoms with Crippen molar-refractivity contribution in [2.24, 2.45) is 5.10 Å². The topological polar surface area (TPSA) is 65.3 Å². The number of nitrogens with zero attached hydrogens (tertiary/aromatic N) is 1. The molecule has 0 aliphatic carbocycles.